The van der Waals surface area contributed by atoms with Gasteiger partial charge in [-0.15, -0.1) is 5.92 Å². The molecule has 0 atom stereocenters. The number of hydrogen-bond donors (Lipinski definition) is 0. The van der Waals surface area contributed by atoms with E-state index in [9.17, 15) is 4.79 Å². The molecular formula is C5H5BO. The highest BCUT2D eigenvalue weighted by Crippen LogP contribution is 1.66. The van der Waals surface area contributed by atoms with E-state index in [0.717, 1.165) is 6.29 Å². The number of carbonyl (C=O) groups is 1. The summed E-state index contributed by atoms with van der Waals surface area (Å²) in [6.07, 6.45) is 1.40. The number of aldehydes is 1. The maximum atomic E-state index is 9.54. The number of hydrogen-bond acceptors (Lipinski definition) is 1. The number of carbonyl (C=O) groups excluding carboxylic acids is 1. The van der Waals surface area contributed by atoms with Crippen LogP contribution in [0, 0.1) is 11.8 Å². The lowest BCUT2D eigenvalue weighted by Gasteiger charge is -1.65. The van der Waals surface area contributed by atoms with E-state index in [1.54, 1.807) is 0 Å². The molecule has 7 heavy (non-hydrogen) atoms. The first-order valence-corrected chi connectivity index (χ1v) is 2.01. The zero-order chi connectivity index (χ0) is 5.54. The van der Waals surface area contributed by atoms with Crippen molar-refractivity contribution in [3.63, 3.8) is 0 Å². The molecule has 0 aliphatic carbocycles. The third-order valence-corrected chi connectivity index (χ3v) is 0.412. The van der Waals surface area contributed by atoms with Gasteiger partial charge in [0.2, 0.25) is 0 Å². The molecule has 0 aromatic rings. The molecule has 0 spiro atoms. The van der Waals surface area contributed by atoms with Crippen LogP contribution in [-0.2, 0) is 4.79 Å². The van der Waals surface area contributed by atoms with Crippen LogP contribution >= 0.6 is 0 Å². The molecule has 0 aliphatic rings. The summed E-state index contributed by atoms with van der Waals surface area (Å²) < 4.78 is 0. The standard InChI is InChI=1S/C5H5BO/c6-4-2-1-3-5-7/h5H,3-4H2. The Morgan fingerprint density at radius 1 is 1.57 bits per heavy atom. The van der Waals surface area contributed by atoms with Gasteiger partial charge in [0.25, 0.3) is 0 Å². The third-order valence-electron chi connectivity index (χ3n) is 0.412. The first kappa shape index (κ1) is 6.29. The van der Waals surface area contributed by atoms with Crippen LogP contribution in [0.2, 0.25) is 6.32 Å². The van der Waals surface area contributed by atoms with Gasteiger partial charge in [0.05, 0.1) is 14.3 Å². The molecule has 0 rings (SSSR count). The highest BCUT2D eigenvalue weighted by molar-refractivity contribution is 6.10. The van der Waals surface area contributed by atoms with Crippen molar-refractivity contribution in [3.05, 3.63) is 0 Å². The van der Waals surface area contributed by atoms with Gasteiger partial charge in [0.15, 0.2) is 0 Å². The summed E-state index contributed by atoms with van der Waals surface area (Å²) in [5.41, 5.74) is 0. The summed E-state index contributed by atoms with van der Waals surface area (Å²) in [6.45, 7) is 0. The molecule has 0 aromatic heterocycles. The summed E-state index contributed by atoms with van der Waals surface area (Å²) in [4.78, 5) is 9.54. The van der Waals surface area contributed by atoms with E-state index in [1.807, 2.05) is 0 Å². The maximum absolute atomic E-state index is 9.54. The van der Waals surface area contributed by atoms with Gasteiger partial charge in [0, 0.05) is 0 Å². The van der Waals surface area contributed by atoms with Crippen molar-refractivity contribution in [2.45, 2.75) is 12.7 Å². The third kappa shape index (κ3) is 5.29. The molecule has 0 saturated heterocycles. The molecule has 0 bridgehead atoms. The van der Waals surface area contributed by atoms with Crippen LogP contribution < -0.4 is 0 Å². The van der Waals surface area contributed by atoms with Gasteiger partial charge >= 0.3 is 0 Å². The Labute approximate surface area is 44.5 Å². The Morgan fingerprint density at radius 2 is 2.29 bits per heavy atom. The van der Waals surface area contributed by atoms with Gasteiger partial charge in [-0.05, 0) is 6.32 Å². The van der Waals surface area contributed by atoms with E-state index in [-0.39, 0.29) is 0 Å². The van der Waals surface area contributed by atoms with Crippen molar-refractivity contribution in [1.29, 1.82) is 0 Å². The Bertz CT molecular complexity index is 98.4. The molecule has 1 nitrogen and oxygen atoms in total. The van der Waals surface area contributed by atoms with E-state index < -0.39 is 0 Å². The Hall–Kier alpha value is -0.705. The van der Waals surface area contributed by atoms with Gasteiger partial charge < -0.3 is 4.79 Å². The van der Waals surface area contributed by atoms with Crippen LogP contribution in [0.4, 0.5) is 0 Å². The largest absolute Gasteiger partial charge is 0.302 e. The van der Waals surface area contributed by atoms with Crippen molar-refractivity contribution >= 4 is 14.1 Å². The minimum Gasteiger partial charge on any atom is -0.302 e. The average molecular weight is 91.9 g/mol. The smallest absolute Gasteiger partial charge is 0.131 e. The molecule has 2 heteroatoms. The lowest BCUT2D eigenvalue weighted by Crippen LogP contribution is -1.65. The van der Waals surface area contributed by atoms with Crippen LogP contribution in [0.1, 0.15) is 6.42 Å². The predicted molar refractivity (Wildman–Crippen MR) is 29.0 cm³/mol. The monoisotopic (exact) mass is 92.0 g/mol. The zero-order valence-corrected chi connectivity index (χ0v) is 3.98. The normalized spacial score (nSPS) is 6.29. The summed E-state index contributed by atoms with van der Waals surface area (Å²) in [5.74, 6) is 5.09. The summed E-state index contributed by atoms with van der Waals surface area (Å²) in [5, 5.41) is 0. The fourth-order valence-corrected chi connectivity index (χ4v) is 0.186. The van der Waals surface area contributed by atoms with Crippen molar-refractivity contribution in [3.8, 4) is 11.8 Å². The molecule has 0 N–H and O–H groups in total. The Balaban J connectivity index is 3.06. The first-order chi connectivity index (χ1) is 3.41. The van der Waals surface area contributed by atoms with Crippen molar-refractivity contribution in [2.24, 2.45) is 0 Å². The second-order valence-corrected chi connectivity index (χ2v) is 0.928. The Kier molecular flexibility index (Phi) is 4.76. The van der Waals surface area contributed by atoms with E-state index in [0.29, 0.717) is 12.7 Å². The molecule has 0 fully saturated rings. The Morgan fingerprint density at radius 3 is 2.71 bits per heavy atom. The highest BCUT2D eigenvalue weighted by Gasteiger charge is 1.64. The highest BCUT2D eigenvalue weighted by atomic mass is 16.1. The molecule has 0 amide bonds. The van der Waals surface area contributed by atoms with Gasteiger partial charge in [-0.1, -0.05) is 5.92 Å². The van der Waals surface area contributed by atoms with Gasteiger partial charge in [-0.25, -0.2) is 0 Å². The number of rotatable bonds is 1. The van der Waals surface area contributed by atoms with Crippen LogP contribution in [0.15, 0.2) is 0 Å². The first-order valence-electron chi connectivity index (χ1n) is 2.01. The molecule has 2 radical (unpaired) electrons. The van der Waals surface area contributed by atoms with E-state index >= 15 is 0 Å². The fraction of sp³-hybridized carbons (Fsp3) is 0.400. The molecule has 0 saturated carbocycles. The van der Waals surface area contributed by atoms with Crippen molar-refractivity contribution in [1.82, 2.24) is 0 Å². The minimum atomic E-state index is 0.303. The summed E-state index contributed by atoms with van der Waals surface area (Å²) >= 11 is 0. The van der Waals surface area contributed by atoms with E-state index in [4.69, 9.17) is 7.85 Å². The van der Waals surface area contributed by atoms with Crippen LogP contribution in [-0.4, -0.2) is 14.1 Å². The lowest BCUT2D eigenvalue weighted by molar-refractivity contribution is -0.107. The summed E-state index contributed by atoms with van der Waals surface area (Å²) in [6, 6.07) is 0. The molecule has 34 valence electrons. The second kappa shape index (κ2) is 5.29. The fourth-order valence-electron chi connectivity index (χ4n) is 0.186. The predicted octanol–water partition coefficient (Wildman–Crippen LogP) is 0.166. The molecule has 0 aliphatic heterocycles. The van der Waals surface area contributed by atoms with Crippen LogP contribution in [0.25, 0.3) is 0 Å². The van der Waals surface area contributed by atoms with E-state index in [2.05, 4.69) is 11.8 Å². The van der Waals surface area contributed by atoms with Crippen LogP contribution in [0.5, 0.6) is 0 Å². The average Bonchev–Trinajstić information content (AvgIpc) is 1.69. The zero-order valence-electron chi connectivity index (χ0n) is 3.98. The SMILES string of the molecule is [B]CC#CCC=O. The van der Waals surface area contributed by atoms with Crippen molar-refractivity contribution < 1.29 is 4.79 Å². The molecular weight excluding hydrogens is 86.9 g/mol. The quantitative estimate of drug-likeness (QED) is 0.256. The topological polar surface area (TPSA) is 17.1 Å². The van der Waals surface area contributed by atoms with E-state index in [1.165, 1.54) is 0 Å². The molecule has 0 heterocycles. The minimum absolute atomic E-state index is 0.303. The second-order valence-electron chi connectivity index (χ2n) is 0.928. The van der Waals surface area contributed by atoms with Gasteiger partial charge in [-0.2, -0.15) is 0 Å². The van der Waals surface area contributed by atoms with Crippen LogP contribution in [0.3, 0.4) is 0 Å². The van der Waals surface area contributed by atoms with Gasteiger partial charge in [-0.3, -0.25) is 0 Å². The lowest BCUT2D eigenvalue weighted by atomic mass is 10.1. The molecule has 0 unspecified atom stereocenters. The molecule has 0 aromatic carbocycles. The van der Waals surface area contributed by atoms with Gasteiger partial charge in [0.1, 0.15) is 6.29 Å². The summed E-state index contributed by atoms with van der Waals surface area (Å²) in [7, 11) is 4.98. The maximum Gasteiger partial charge on any atom is 0.131 e. The van der Waals surface area contributed by atoms with Crippen molar-refractivity contribution in [2.75, 3.05) is 0 Å².